The lowest BCUT2D eigenvalue weighted by Crippen LogP contribution is -2.56. The molecule has 8 nitrogen and oxygen atoms in total. The lowest BCUT2D eigenvalue weighted by atomic mass is 9.98. The fourth-order valence-electron chi connectivity index (χ4n) is 4.82. The second-order valence-corrected chi connectivity index (χ2v) is 10.0. The number of ether oxygens (including phenoxy) is 2. The summed E-state index contributed by atoms with van der Waals surface area (Å²) in [7, 11) is 0. The predicted octanol–water partition coefficient (Wildman–Crippen LogP) is 4.72. The van der Waals surface area contributed by atoms with Gasteiger partial charge in [-0.2, -0.15) is 0 Å². The number of carboxylic acids is 1. The number of fused-ring (bicyclic) bond motifs is 3. The number of rotatable bonds is 11. The van der Waals surface area contributed by atoms with Crippen LogP contribution in [0.25, 0.3) is 11.1 Å². The van der Waals surface area contributed by atoms with Crippen LogP contribution in [0.4, 0.5) is 4.79 Å². The van der Waals surface area contributed by atoms with Crippen molar-refractivity contribution >= 4 is 18.0 Å². The van der Waals surface area contributed by atoms with E-state index in [1.54, 1.807) is 20.8 Å². The Labute approximate surface area is 228 Å². The molecule has 8 heteroatoms. The molecule has 1 aliphatic carbocycles. The van der Waals surface area contributed by atoms with Gasteiger partial charge in [0, 0.05) is 5.92 Å². The standard InChI is InChI=1S/C31H34N2O6/c1-19(2)27(29(34)32-28(30(35)36)20(3)38-17-21-11-5-4-6-12-21)33-31(37)39-18-26-24-15-9-7-13-22(24)23-14-8-10-16-25(23)26/h4-16,19-20,26-28H,17-18H2,1-3H3,(H,32,34)(H,33,37)(H,35,36)/t20-,27+,28+/m0/s1. The van der Waals surface area contributed by atoms with Gasteiger partial charge in [-0.25, -0.2) is 9.59 Å². The van der Waals surface area contributed by atoms with E-state index in [0.29, 0.717) is 0 Å². The van der Waals surface area contributed by atoms with E-state index in [1.165, 1.54) is 0 Å². The number of hydrogen-bond acceptors (Lipinski definition) is 5. The quantitative estimate of drug-likeness (QED) is 0.331. The number of amides is 2. The van der Waals surface area contributed by atoms with Gasteiger partial charge in [0.1, 0.15) is 12.6 Å². The predicted molar refractivity (Wildman–Crippen MR) is 147 cm³/mol. The lowest BCUT2D eigenvalue weighted by Gasteiger charge is -2.26. The SMILES string of the molecule is CC(C)[C@@H](NC(=O)OCC1c2ccccc2-c2ccccc21)C(=O)N[C@@H](C(=O)O)[C@H](C)OCc1ccccc1. The van der Waals surface area contributed by atoms with Crippen molar-refractivity contribution < 1.29 is 29.0 Å². The summed E-state index contributed by atoms with van der Waals surface area (Å²) < 4.78 is 11.3. The van der Waals surface area contributed by atoms with Crippen LogP contribution < -0.4 is 10.6 Å². The molecule has 0 saturated carbocycles. The van der Waals surface area contributed by atoms with Crippen molar-refractivity contribution in [2.45, 2.75) is 51.5 Å². The summed E-state index contributed by atoms with van der Waals surface area (Å²) in [6, 6.07) is 23.1. The third-order valence-electron chi connectivity index (χ3n) is 6.96. The molecule has 3 atom stereocenters. The minimum Gasteiger partial charge on any atom is -0.480 e. The average molecular weight is 531 g/mol. The number of carbonyl (C=O) groups is 3. The molecule has 0 fully saturated rings. The van der Waals surface area contributed by atoms with Crippen LogP contribution in [0.15, 0.2) is 78.9 Å². The minimum absolute atomic E-state index is 0.106. The van der Waals surface area contributed by atoms with Crippen LogP contribution in [0.1, 0.15) is 43.4 Å². The Bertz CT molecular complexity index is 1260. The van der Waals surface area contributed by atoms with Crippen molar-refractivity contribution in [2.75, 3.05) is 6.61 Å². The zero-order valence-corrected chi connectivity index (χ0v) is 22.3. The number of hydrogen-bond donors (Lipinski definition) is 3. The van der Waals surface area contributed by atoms with E-state index in [-0.39, 0.29) is 25.0 Å². The molecule has 0 heterocycles. The Morgan fingerprint density at radius 1 is 0.795 bits per heavy atom. The normalized spacial score (nSPS) is 14.6. The smallest absolute Gasteiger partial charge is 0.407 e. The van der Waals surface area contributed by atoms with Crippen LogP contribution in [-0.4, -0.2) is 47.9 Å². The molecule has 0 aliphatic heterocycles. The third kappa shape index (κ3) is 6.64. The van der Waals surface area contributed by atoms with Crippen molar-refractivity contribution in [1.29, 1.82) is 0 Å². The molecular weight excluding hydrogens is 496 g/mol. The van der Waals surface area contributed by atoms with E-state index < -0.39 is 36.2 Å². The summed E-state index contributed by atoms with van der Waals surface area (Å²) in [4.78, 5) is 37.8. The third-order valence-corrected chi connectivity index (χ3v) is 6.96. The average Bonchev–Trinajstić information content (AvgIpc) is 3.26. The molecule has 0 unspecified atom stereocenters. The van der Waals surface area contributed by atoms with Crippen molar-refractivity contribution in [2.24, 2.45) is 5.92 Å². The summed E-state index contributed by atoms with van der Waals surface area (Å²) in [6.07, 6.45) is -1.56. The molecule has 3 aromatic rings. The Morgan fingerprint density at radius 2 is 1.36 bits per heavy atom. The first-order valence-electron chi connectivity index (χ1n) is 13.1. The zero-order valence-electron chi connectivity index (χ0n) is 22.3. The van der Waals surface area contributed by atoms with E-state index in [4.69, 9.17) is 9.47 Å². The Kier molecular flexibility index (Phi) is 8.99. The first kappa shape index (κ1) is 27.9. The van der Waals surface area contributed by atoms with Gasteiger partial charge in [-0.3, -0.25) is 4.79 Å². The van der Waals surface area contributed by atoms with Gasteiger partial charge in [-0.1, -0.05) is 92.7 Å². The van der Waals surface area contributed by atoms with Gasteiger partial charge < -0.3 is 25.2 Å². The molecule has 1 aliphatic rings. The van der Waals surface area contributed by atoms with E-state index in [0.717, 1.165) is 27.8 Å². The molecule has 3 aromatic carbocycles. The highest BCUT2D eigenvalue weighted by atomic mass is 16.5. The number of alkyl carbamates (subject to hydrolysis) is 1. The maximum atomic E-state index is 13.1. The van der Waals surface area contributed by atoms with E-state index in [9.17, 15) is 19.5 Å². The van der Waals surface area contributed by atoms with Gasteiger partial charge in [0.2, 0.25) is 5.91 Å². The highest BCUT2D eigenvalue weighted by Crippen LogP contribution is 2.44. The highest BCUT2D eigenvalue weighted by molar-refractivity contribution is 5.89. The van der Waals surface area contributed by atoms with Crippen LogP contribution in [0, 0.1) is 5.92 Å². The lowest BCUT2D eigenvalue weighted by molar-refractivity contribution is -0.147. The van der Waals surface area contributed by atoms with E-state index in [1.807, 2.05) is 66.7 Å². The molecule has 0 bridgehead atoms. The van der Waals surface area contributed by atoms with Crippen molar-refractivity contribution in [3.8, 4) is 11.1 Å². The molecule has 0 spiro atoms. The summed E-state index contributed by atoms with van der Waals surface area (Å²) in [5, 5.41) is 14.9. The molecule has 204 valence electrons. The monoisotopic (exact) mass is 530 g/mol. The molecule has 0 aromatic heterocycles. The van der Waals surface area contributed by atoms with Gasteiger partial charge in [0.05, 0.1) is 12.7 Å². The fourth-order valence-corrected chi connectivity index (χ4v) is 4.82. The Morgan fingerprint density at radius 3 is 1.92 bits per heavy atom. The summed E-state index contributed by atoms with van der Waals surface area (Å²) in [5.41, 5.74) is 5.28. The topological polar surface area (TPSA) is 114 Å². The van der Waals surface area contributed by atoms with Gasteiger partial charge in [-0.15, -0.1) is 0 Å². The first-order valence-corrected chi connectivity index (χ1v) is 13.1. The zero-order chi connectivity index (χ0) is 27.9. The number of aliphatic carboxylic acids is 1. The molecule has 2 amide bonds. The van der Waals surface area contributed by atoms with Crippen LogP contribution in [0.3, 0.4) is 0 Å². The highest BCUT2D eigenvalue weighted by Gasteiger charge is 2.33. The molecule has 4 rings (SSSR count). The molecule has 39 heavy (non-hydrogen) atoms. The van der Waals surface area contributed by atoms with Crippen LogP contribution in [-0.2, 0) is 25.7 Å². The molecular formula is C31H34N2O6. The van der Waals surface area contributed by atoms with E-state index in [2.05, 4.69) is 22.8 Å². The van der Waals surface area contributed by atoms with Crippen molar-refractivity contribution in [1.82, 2.24) is 10.6 Å². The van der Waals surface area contributed by atoms with Crippen LogP contribution in [0.2, 0.25) is 0 Å². The number of nitrogens with one attached hydrogen (secondary N) is 2. The Hall–Kier alpha value is -4.17. The Balaban J connectivity index is 1.36. The molecule has 0 saturated heterocycles. The second kappa shape index (κ2) is 12.6. The van der Waals surface area contributed by atoms with Crippen molar-refractivity contribution in [3.63, 3.8) is 0 Å². The maximum Gasteiger partial charge on any atom is 0.407 e. The van der Waals surface area contributed by atoms with Crippen LogP contribution in [0.5, 0.6) is 0 Å². The number of benzene rings is 3. The van der Waals surface area contributed by atoms with E-state index >= 15 is 0 Å². The fraction of sp³-hybridized carbons (Fsp3) is 0.323. The number of carbonyl (C=O) groups excluding carboxylic acids is 2. The molecule has 0 radical (unpaired) electrons. The second-order valence-electron chi connectivity index (χ2n) is 10.0. The summed E-state index contributed by atoms with van der Waals surface area (Å²) in [5.74, 6) is -2.29. The minimum atomic E-state index is -1.30. The summed E-state index contributed by atoms with van der Waals surface area (Å²) >= 11 is 0. The van der Waals surface area contributed by atoms with Crippen molar-refractivity contribution in [3.05, 3.63) is 95.6 Å². The van der Waals surface area contributed by atoms with Gasteiger partial charge >= 0.3 is 12.1 Å². The molecule has 3 N–H and O–H groups in total. The van der Waals surface area contributed by atoms with Crippen LogP contribution >= 0.6 is 0 Å². The van der Waals surface area contributed by atoms with Gasteiger partial charge in [-0.05, 0) is 40.7 Å². The number of carboxylic acid groups (broad SMARTS) is 1. The first-order chi connectivity index (χ1) is 18.8. The van der Waals surface area contributed by atoms with Gasteiger partial charge in [0.25, 0.3) is 0 Å². The maximum absolute atomic E-state index is 13.1. The van der Waals surface area contributed by atoms with Gasteiger partial charge in [0.15, 0.2) is 6.04 Å². The largest absolute Gasteiger partial charge is 0.480 e. The summed E-state index contributed by atoms with van der Waals surface area (Å²) in [6.45, 7) is 5.42.